The molecular weight excluding hydrogens is 493 g/mol. The van der Waals surface area contributed by atoms with Crippen molar-refractivity contribution in [3.8, 4) is 0 Å². The molecule has 1 N–H and O–H groups in total. The quantitative estimate of drug-likeness (QED) is 0.358. The van der Waals surface area contributed by atoms with Crippen molar-refractivity contribution in [1.29, 1.82) is 0 Å². The summed E-state index contributed by atoms with van der Waals surface area (Å²) in [6.07, 6.45) is -0.327. The maximum absolute atomic E-state index is 13.1. The second kappa shape index (κ2) is 12.2. The zero-order valence-corrected chi connectivity index (χ0v) is 22.2. The van der Waals surface area contributed by atoms with E-state index in [1.54, 1.807) is 7.11 Å². The van der Waals surface area contributed by atoms with Gasteiger partial charge in [0.2, 0.25) is 11.0 Å². The molecule has 36 heavy (non-hydrogen) atoms. The molecule has 0 radical (unpaired) electrons. The van der Waals surface area contributed by atoms with E-state index in [1.807, 2.05) is 25.1 Å². The number of alkyl halides is 3. The standard InChI is InChI=1S/C25H35F3N4O3S/c1-15(2)14-32(18-7-9-19(34-4)10-8-18)21-11-6-17(16(3)12-22(33)35-5)13-20(21)29-24-30-23(31-36-24)25(26,27)28/h6,11,13,15-16,18-19H,7-10,12,14H2,1-5H3,(H,29,30,31)/t16-,18?,19?/m1/s1. The summed E-state index contributed by atoms with van der Waals surface area (Å²) in [5, 5.41) is 3.17. The second-order valence-corrected chi connectivity index (χ2v) is 10.5. The van der Waals surface area contributed by atoms with Gasteiger partial charge in [-0.25, -0.2) is 0 Å². The van der Waals surface area contributed by atoms with Gasteiger partial charge in [-0.2, -0.15) is 22.5 Å². The molecule has 0 bridgehead atoms. The lowest BCUT2D eigenvalue weighted by Crippen LogP contribution is -2.41. The fourth-order valence-corrected chi connectivity index (χ4v) is 5.20. The molecule has 1 heterocycles. The van der Waals surface area contributed by atoms with Crippen molar-refractivity contribution in [3.63, 3.8) is 0 Å². The largest absolute Gasteiger partial charge is 0.469 e. The van der Waals surface area contributed by atoms with Crippen molar-refractivity contribution in [2.45, 2.75) is 77.1 Å². The average Bonchev–Trinajstić information content (AvgIpc) is 3.32. The topological polar surface area (TPSA) is 76.6 Å². The minimum atomic E-state index is -4.61. The van der Waals surface area contributed by atoms with Gasteiger partial charge in [0.1, 0.15) is 0 Å². The molecular formula is C25H35F3N4O3S. The third-order valence-electron chi connectivity index (χ3n) is 6.50. The first-order valence-corrected chi connectivity index (χ1v) is 13.0. The highest BCUT2D eigenvalue weighted by molar-refractivity contribution is 7.09. The Morgan fingerprint density at radius 1 is 1.19 bits per heavy atom. The van der Waals surface area contributed by atoms with Crippen LogP contribution in [-0.2, 0) is 20.4 Å². The molecule has 0 unspecified atom stereocenters. The SMILES string of the molecule is COC(=O)C[C@@H](C)c1ccc(N(CC(C)C)C2CCC(OC)CC2)c(Nc2nc(C(F)(F)F)ns2)c1. The molecule has 1 aliphatic rings. The van der Waals surface area contributed by atoms with Crippen LogP contribution in [0.5, 0.6) is 0 Å². The van der Waals surface area contributed by atoms with Gasteiger partial charge >= 0.3 is 12.1 Å². The molecule has 0 spiro atoms. The van der Waals surface area contributed by atoms with Crippen LogP contribution in [0.15, 0.2) is 18.2 Å². The number of halogens is 3. The number of carbonyl (C=O) groups excluding carboxylic acids is 1. The first-order valence-electron chi connectivity index (χ1n) is 12.2. The number of carbonyl (C=O) groups is 1. The Hall–Kier alpha value is -2.40. The number of nitrogens with one attached hydrogen (secondary N) is 1. The van der Waals surface area contributed by atoms with Gasteiger partial charge in [0, 0.05) is 31.2 Å². The molecule has 1 atom stereocenters. The molecule has 1 aliphatic carbocycles. The average molecular weight is 529 g/mol. The Morgan fingerprint density at radius 2 is 1.89 bits per heavy atom. The molecule has 2 aromatic rings. The van der Waals surface area contributed by atoms with E-state index in [2.05, 4.69) is 33.4 Å². The van der Waals surface area contributed by atoms with E-state index in [0.29, 0.717) is 23.1 Å². The van der Waals surface area contributed by atoms with Crippen molar-refractivity contribution < 1.29 is 27.4 Å². The van der Waals surface area contributed by atoms with E-state index < -0.39 is 12.0 Å². The van der Waals surface area contributed by atoms with Crippen LogP contribution in [0.1, 0.15) is 70.2 Å². The molecule has 7 nitrogen and oxygen atoms in total. The number of ether oxygens (including phenoxy) is 2. The van der Waals surface area contributed by atoms with Crippen LogP contribution in [0, 0.1) is 5.92 Å². The number of esters is 1. The van der Waals surface area contributed by atoms with Crippen molar-refractivity contribution in [2.75, 3.05) is 31.0 Å². The van der Waals surface area contributed by atoms with Gasteiger partial charge in [0.15, 0.2) is 0 Å². The van der Waals surface area contributed by atoms with Crippen LogP contribution in [0.2, 0.25) is 0 Å². The highest BCUT2D eigenvalue weighted by Crippen LogP contribution is 2.38. The Balaban J connectivity index is 1.99. The van der Waals surface area contributed by atoms with Gasteiger partial charge in [-0.3, -0.25) is 4.79 Å². The van der Waals surface area contributed by atoms with Gasteiger partial charge in [-0.1, -0.05) is 26.8 Å². The van der Waals surface area contributed by atoms with Crippen molar-refractivity contribution >= 4 is 34.0 Å². The van der Waals surface area contributed by atoms with E-state index in [0.717, 1.165) is 43.5 Å². The number of hydrogen-bond donors (Lipinski definition) is 1. The molecule has 1 saturated carbocycles. The summed E-state index contributed by atoms with van der Waals surface area (Å²) in [5.41, 5.74) is 2.41. The van der Waals surface area contributed by atoms with E-state index in [4.69, 9.17) is 9.47 Å². The number of methoxy groups -OCH3 is 2. The normalized spacial score (nSPS) is 19.2. The monoisotopic (exact) mass is 528 g/mol. The van der Waals surface area contributed by atoms with Gasteiger partial charge in [-0.05, 0) is 55.2 Å². The van der Waals surface area contributed by atoms with Gasteiger partial charge in [0.05, 0.1) is 31.0 Å². The molecule has 0 amide bonds. The van der Waals surface area contributed by atoms with E-state index in [9.17, 15) is 18.0 Å². The number of rotatable bonds is 10. The van der Waals surface area contributed by atoms with E-state index in [-0.39, 0.29) is 35.6 Å². The maximum Gasteiger partial charge on any atom is 0.452 e. The summed E-state index contributed by atoms with van der Waals surface area (Å²) in [6, 6.07) is 6.13. The Kier molecular flexibility index (Phi) is 9.57. The molecule has 3 rings (SSSR count). The predicted octanol–water partition coefficient (Wildman–Crippen LogP) is 6.39. The highest BCUT2D eigenvalue weighted by Gasteiger charge is 2.36. The van der Waals surface area contributed by atoms with E-state index in [1.165, 1.54) is 7.11 Å². The lowest BCUT2D eigenvalue weighted by atomic mass is 9.90. The summed E-state index contributed by atoms with van der Waals surface area (Å²) in [6.45, 7) is 7.00. The lowest BCUT2D eigenvalue weighted by Gasteiger charge is -2.40. The minimum Gasteiger partial charge on any atom is -0.469 e. The third kappa shape index (κ3) is 7.32. The summed E-state index contributed by atoms with van der Waals surface area (Å²) in [7, 11) is 3.09. The van der Waals surface area contributed by atoms with Crippen molar-refractivity contribution in [3.05, 3.63) is 29.6 Å². The van der Waals surface area contributed by atoms with Crippen LogP contribution in [0.4, 0.5) is 29.7 Å². The molecule has 1 aromatic heterocycles. The predicted molar refractivity (Wildman–Crippen MR) is 135 cm³/mol. The Bertz CT molecular complexity index is 1010. The zero-order valence-electron chi connectivity index (χ0n) is 21.4. The van der Waals surface area contributed by atoms with Gasteiger partial charge in [0.25, 0.3) is 0 Å². The zero-order chi connectivity index (χ0) is 26.5. The number of aromatic nitrogens is 2. The fraction of sp³-hybridized carbons (Fsp3) is 0.640. The summed E-state index contributed by atoms with van der Waals surface area (Å²) in [5.74, 6) is -1.25. The molecule has 1 fully saturated rings. The molecule has 0 aliphatic heterocycles. The first-order chi connectivity index (χ1) is 17.0. The smallest absolute Gasteiger partial charge is 0.452 e. The third-order valence-corrected chi connectivity index (χ3v) is 7.13. The first kappa shape index (κ1) is 28.2. The van der Waals surface area contributed by atoms with Crippen LogP contribution < -0.4 is 10.2 Å². The van der Waals surface area contributed by atoms with Crippen molar-refractivity contribution in [1.82, 2.24) is 9.36 Å². The maximum atomic E-state index is 13.1. The van der Waals surface area contributed by atoms with Crippen LogP contribution in [0.3, 0.4) is 0 Å². The summed E-state index contributed by atoms with van der Waals surface area (Å²) in [4.78, 5) is 17.9. The number of benzene rings is 1. The minimum absolute atomic E-state index is 0.0638. The highest BCUT2D eigenvalue weighted by atomic mass is 32.1. The van der Waals surface area contributed by atoms with Crippen LogP contribution >= 0.6 is 11.5 Å². The van der Waals surface area contributed by atoms with Crippen LogP contribution in [0.25, 0.3) is 0 Å². The Morgan fingerprint density at radius 3 is 2.44 bits per heavy atom. The summed E-state index contributed by atoms with van der Waals surface area (Å²) < 4.78 is 53.2. The van der Waals surface area contributed by atoms with Crippen molar-refractivity contribution in [2.24, 2.45) is 5.92 Å². The number of hydrogen-bond acceptors (Lipinski definition) is 8. The summed E-state index contributed by atoms with van der Waals surface area (Å²) >= 11 is 0.672. The molecule has 0 saturated heterocycles. The van der Waals surface area contributed by atoms with Crippen LogP contribution in [-0.4, -0.2) is 48.2 Å². The lowest BCUT2D eigenvalue weighted by molar-refractivity contribution is -0.144. The fourth-order valence-electron chi connectivity index (χ4n) is 4.60. The molecule has 11 heteroatoms. The molecule has 1 aromatic carbocycles. The molecule has 200 valence electrons. The van der Waals surface area contributed by atoms with Gasteiger partial charge in [-0.15, -0.1) is 0 Å². The van der Waals surface area contributed by atoms with Gasteiger partial charge < -0.3 is 19.7 Å². The second-order valence-electron chi connectivity index (χ2n) is 9.72. The number of nitrogens with zero attached hydrogens (tertiary/aromatic N) is 3. The Labute approximate surface area is 214 Å². The van der Waals surface area contributed by atoms with E-state index >= 15 is 0 Å². The number of anilines is 3.